The van der Waals surface area contributed by atoms with Gasteiger partial charge in [-0.2, -0.15) is 0 Å². The van der Waals surface area contributed by atoms with Crippen LogP contribution in [0, 0.1) is 0 Å². The summed E-state index contributed by atoms with van der Waals surface area (Å²) in [6.45, 7) is 8.09. The van der Waals surface area contributed by atoms with E-state index in [1.807, 2.05) is 0 Å². The van der Waals surface area contributed by atoms with E-state index in [1.165, 1.54) is 11.3 Å². The smallest absolute Gasteiger partial charge is 0.0663 e. The molecule has 108 valence electrons. The third-order valence-electron chi connectivity index (χ3n) is 3.19. The maximum Gasteiger partial charge on any atom is 0.0663 e. The van der Waals surface area contributed by atoms with Gasteiger partial charge in [0.25, 0.3) is 0 Å². The van der Waals surface area contributed by atoms with Gasteiger partial charge in [0.05, 0.1) is 6.61 Å². The third-order valence-corrected chi connectivity index (χ3v) is 3.68. The molecular formula is C15H25BrN2O. The van der Waals surface area contributed by atoms with E-state index in [-0.39, 0.29) is 0 Å². The molecule has 0 amide bonds. The first-order valence-electron chi connectivity index (χ1n) is 6.69. The van der Waals surface area contributed by atoms with Crippen LogP contribution in [0.2, 0.25) is 0 Å². The highest BCUT2D eigenvalue weighted by molar-refractivity contribution is 9.10. The molecule has 0 saturated carbocycles. The molecule has 1 atom stereocenters. The van der Waals surface area contributed by atoms with E-state index in [0.717, 1.165) is 17.6 Å². The average Bonchev–Trinajstić information content (AvgIpc) is 2.36. The van der Waals surface area contributed by atoms with Crippen molar-refractivity contribution in [3.8, 4) is 0 Å². The maximum absolute atomic E-state index is 5.24. The second-order valence-corrected chi connectivity index (χ2v) is 6.14. The van der Waals surface area contributed by atoms with Crippen LogP contribution in [-0.2, 0) is 11.3 Å². The van der Waals surface area contributed by atoms with E-state index in [0.29, 0.717) is 12.1 Å². The number of nitrogens with one attached hydrogen (secondary N) is 1. The van der Waals surface area contributed by atoms with E-state index in [1.54, 1.807) is 7.11 Å². The molecule has 1 unspecified atom stereocenters. The lowest BCUT2D eigenvalue weighted by atomic mass is 10.1. The van der Waals surface area contributed by atoms with E-state index in [9.17, 15) is 0 Å². The normalized spacial score (nSPS) is 12.8. The fraction of sp³-hybridized carbons (Fsp3) is 0.600. The van der Waals surface area contributed by atoms with Gasteiger partial charge in [-0.1, -0.05) is 29.8 Å². The van der Waals surface area contributed by atoms with Crippen molar-refractivity contribution in [1.82, 2.24) is 5.32 Å². The summed E-state index contributed by atoms with van der Waals surface area (Å²) in [7, 11) is 3.86. The molecule has 0 aliphatic carbocycles. The van der Waals surface area contributed by atoms with Gasteiger partial charge in [-0.3, -0.25) is 0 Å². The van der Waals surface area contributed by atoms with Gasteiger partial charge in [0.1, 0.15) is 0 Å². The zero-order chi connectivity index (χ0) is 14.4. The highest BCUT2D eigenvalue weighted by Gasteiger charge is 2.14. The highest BCUT2D eigenvalue weighted by atomic mass is 79.9. The Balaban J connectivity index is 2.91. The average molecular weight is 329 g/mol. The summed E-state index contributed by atoms with van der Waals surface area (Å²) in [4.78, 5) is 2.27. The number of likely N-dealkylation sites (N-methyl/N-ethyl adjacent to an activating group) is 1. The van der Waals surface area contributed by atoms with Crippen molar-refractivity contribution < 1.29 is 4.74 Å². The topological polar surface area (TPSA) is 24.5 Å². The Morgan fingerprint density at radius 2 is 2.00 bits per heavy atom. The van der Waals surface area contributed by atoms with Crippen molar-refractivity contribution in [1.29, 1.82) is 0 Å². The molecule has 1 aromatic rings. The van der Waals surface area contributed by atoms with Crippen LogP contribution >= 0.6 is 15.9 Å². The van der Waals surface area contributed by atoms with Crippen LogP contribution in [0.25, 0.3) is 0 Å². The molecule has 0 aliphatic heterocycles. The highest BCUT2D eigenvalue weighted by Crippen LogP contribution is 2.25. The number of benzene rings is 1. The third kappa shape index (κ3) is 5.13. The number of rotatable bonds is 7. The fourth-order valence-corrected chi connectivity index (χ4v) is 2.35. The van der Waals surface area contributed by atoms with Gasteiger partial charge in [0.2, 0.25) is 0 Å². The molecular weight excluding hydrogens is 304 g/mol. The Labute approximate surface area is 125 Å². The number of ether oxygens (including phenoxy) is 1. The van der Waals surface area contributed by atoms with Gasteiger partial charge in [0.15, 0.2) is 0 Å². The number of nitrogens with zero attached hydrogens (tertiary/aromatic N) is 1. The Morgan fingerprint density at radius 1 is 1.32 bits per heavy atom. The van der Waals surface area contributed by atoms with Gasteiger partial charge in [-0.05, 0) is 30.7 Å². The molecule has 0 aromatic heterocycles. The van der Waals surface area contributed by atoms with Crippen molar-refractivity contribution in [3.63, 3.8) is 0 Å². The molecule has 3 nitrogen and oxygen atoms in total. The van der Waals surface area contributed by atoms with Crippen molar-refractivity contribution in [3.05, 3.63) is 28.2 Å². The minimum Gasteiger partial charge on any atom is -0.383 e. The molecule has 0 radical (unpaired) electrons. The first-order chi connectivity index (χ1) is 8.95. The molecule has 19 heavy (non-hydrogen) atoms. The van der Waals surface area contributed by atoms with Gasteiger partial charge in [0, 0.05) is 42.9 Å². The summed E-state index contributed by atoms with van der Waals surface area (Å²) in [6, 6.07) is 7.26. The van der Waals surface area contributed by atoms with Crippen molar-refractivity contribution >= 4 is 21.6 Å². The molecule has 1 N–H and O–H groups in total. The predicted octanol–water partition coefficient (Wildman–Crippen LogP) is 3.42. The number of hydrogen-bond acceptors (Lipinski definition) is 3. The van der Waals surface area contributed by atoms with Crippen LogP contribution in [0.15, 0.2) is 22.7 Å². The van der Waals surface area contributed by atoms with Crippen molar-refractivity contribution in [2.24, 2.45) is 0 Å². The summed E-state index contributed by atoms with van der Waals surface area (Å²) in [5.41, 5.74) is 2.55. The van der Waals surface area contributed by atoms with Crippen LogP contribution < -0.4 is 10.2 Å². The second-order valence-electron chi connectivity index (χ2n) is 5.22. The molecule has 1 aromatic carbocycles. The maximum atomic E-state index is 5.24. The lowest BCUT2D eigenvalue weighted by Crippen LogP contribution is -2.34. The molecule has 0 spiro atoms. The van der Waals surface area contributed by atoms with Crippen LogP contribution in [-0.4, -0.2) is 32.8 Å². The monoisotopic (exact) mass is 328 g/mol. The largest absolute Gasteiger partial charge is 0.383 e. The fourth-order valence-electron chi connectivity index (χ4n) is 1.94. The molecule has 1 rings (SSSR count). The first-order valence-corrected chi connectivity index (χ1v) is 7.48. The van der Waals surface area contributed by atoms with Crippen LogP contribution in [0.4, 0.5) is 5.69 Å². The number of hydrogen-bond donors (Lipinski definition) is 1. The van der Waals surface area contributed by atoms with Gasteiger partial charge >= 0.3 is 0 Å². The quantitative estimate of drug-likeness (QED) is 0.830. The number of methoxy groups -OCH3 is 1. The molecule has 0 aliphatic rings. The van der Waals surface area contributed by atoms with Crippen molar-refractivity contribution in [2.45, 2.75) is 39.4 Å². The molecule has 0 bridgehead atoms. The number of anilines is 1. The summed E-state index contributed by atoms with van der Waals surface area (Å²) in [6.07, 6.45) is 0. The minimum atomic E-state index is 0.351. The van der Waals surface area contributed by atoms with Gasteiger partial charge < -0.3 is 15.0 Å². The standard InChI is InChI=1S/C15H25BrN2O/c1-11(2)17-9-13-8-14(16)6-7-15(13)18(4)12(3)10-19-5/h6-8,11-12,17H,9-10H2,1-5H3. The lowest BCUT2D eigenvalue weighted by Gasteiger charge is -2.29. The zero-order valence-corrected chi connectivity index (χ0v) is 14.1. The lowest BCUT2D eigenvalue weighted by molar-refractivity contribution is 0.183. The Kier molecular flexibility index (Phi) is 6.83. The summed E-state index contributed by atoms with van der Waals surface area (Å²) >= 11 is 3.55. The summed E-state index contributed by atoms with van der Waals surface area (Å²) in [5.74, 6) is 0. The summed E-state index contributed by atoms with van der Waals surface area (Å²) in [5, 5.41) is 3.48. The van der Waals surface area contributed by atoms with E-state index in [4.69, 9.17) is 4.74 Å². The van der Waals surface area contributed by atoms with E-state index >= 15 is 0 Å². The molecule has 4 heteroatoms. The van der Waals surface area contributed by atoms with Crippen molar-refractivity contribution in [2.75, 3.05) is 25.7 Å². The molecule has 0 fully saturated rings. The van der Waals surface area contributed by atoms with Gasteiger partial charge in [-0.15, -0.1) is 0 Å². The van der Waals surface area contributed by atoms with Crippen LogP contribution in [0.1, 0.15) is 26.3 Å². The Hall–Kier alpha value is -0.580. The SMILES string of the molecule is COCC(C)N(C)c1ccc(Br)cc1CNC(C)C. The van der Waals surface area contributed by atoms with E-state index < -0.39 is 0 Å². The first kappa shape index (κ1) is 16.5. The Morgan fingerprint density at radius 3 is 2.58 bits per heavy atom. The Bertz CT molecular complexity index is 396. The molecule has 0 saturated heterocycles. The summed E-state index contributed by atoms with van der Waals surface area (Å²) < 4.78 is 6.36. The number of halogens is 1. The van der Waals surface area contributed by atoms with Crippen LogP contribution in [0.5, 0.6) is 0 Å². The second kappa shape index (κ2) is 7.88. The van der Waals surface area contributed by atoms with Crippen LogP contribution in [0.3, 0.4) is 0 Å². The zero-order valence-electron chi connectivity index (χ0n) is 12.5. The van der Waals surface area contributed by atoms with Gasteiger partial charge in [-0.25, -0.2) is 0 Å². The predicted molar refractivity (Wildman–Crippen MR) is 85.9 cm³/mol. The van der Waals surface area contributed by atoms with E-state index in [2.05, 4.69) is 72.2 Å². The molecule has 0 heterocycles. The minimum absolute atomic E-state index is 0.351.